The van der Waals surface area contributed by atoms with E-state index in [0.29, 0.717) is 5.69 Å². The Kier molecular flexibility index (Phi) is 5.74. The Morgan fingerprint density at radius 1 is 1.00 bits per heavy atom. The second-order valence-corrected chi connectivity index (χ2v) is 7.45. The van der Waals surface area contributed by atoms with Gasteiger partial charge in [-0.15, -0.1) is 23.8 Å². The van der Waals surface area contributed by atoms with Gasteiger partial charge < -0.3 is 9.55 Å². The van der Waals surface area contributed by atoms with Crippen LogP contribution in [0.25, 0.3) is 49.0 Å². The van der Waals surface area contributed by atoms with Crippen LogP contribution in [0.2, 0.25) is 0 Å². The molecule has 3 aromatic carbocycles. The van der Waals surface area contributed by atoms with Crippen molar-refractivity contribution in [1.82, 2.24) is 9.55 Å². The summed E-state index contributed by atoms with van der Waals surface area (Å²) >= 11 is 0. The minimum absolute atomic E-state index is 0. The number of nitrogens with zero attached hydrogens (tertiary/aromatic N) is 3. The Morgan fingerprint density at radius 3 is 2.61 bits per heavy atom. The molecule has 5 aromatic rings. The maximum Gasteiger partial charge on any atom is 0.187 e. The van der Waals surface area contributed by atoms with E-state index in [2.05, 4.69) is 71.8 Å². The minimum atomic E-state index is 0. The molecule has 2 aromatic heterocycles. The van der Waals surface area contributed by atoms with Gasteiger partial charge in [0.25, 0.3) is 0 Å². The third-order valence-electron chi connectivity index (χ3n) is 5.69. The Balaban J connectivity index is 0.00000231. The van der Waals surface area contributed by atoms with E-state index in [1.807, 2.05) is 30.5 Å². The Morgan fingerprint density at radius 2 is 1.84 bits per heavy atom. The molecule has 0 aliphatic heterocycles. The summed E-state index contributed by atoms with van der Waals surface area (Å²) in [5.74, 6) is 0. The van der Waals surface area contributed by atoms with Gasteiger partial charge in [0, 0.05) is 38.4 Å². The molecule has 1 radical (unpaired) electrons. The van der Waals surface area contributed by atoms with Crippen molar-refractivity contribution in [3.8, 4) is 22.4 Å². The molecule has 0 aliphatic carbocycles. The molecule has 0 saturated heterocycles. The van der Waals surface area contributed by atoms with Gasteiger partial charge in [0.05, 0.1) is 6.57 Å². The van der Waals surface area contributed by atoms with E-state index in [4.69, 9.17) is 11.6 Å². The molecule has 0 amide bonds. The van der Waals surface area contributed by atoms with Crippen LogP contribution in [0, 0.1) is 19.6 Å². The van der Waals surface area contributed by atoms with Crippen molar-refractivity contribution in [1.29, 1.82) is 0 Å². The zero-order chi connectivity index (χ0) is 20.7. The molecule has 3 nitrogen and oxygen atoms in total. The van der Waals surface area contributed by atoms with Gasteiger partial charge in [-0.1, -0.05) is 47.9 Å². The quantitative estimate of drug-likeness (QED) is 0.208. The minimum Gasteiger partial charge on any atom is -0.381 e. The number of hydrogen-bond donors (Lipinski definition) is 0. The van der Waals surface area contributed by atoms with E-state index in [1.165, 1.54) is 21.8 Å². The van der Waals surface area contributed by atoms with Crippen molar-refractivity contribution < 1.29 is 20.1 Å². The van der Waals surface area contributed by atoms with E-state index in [9.17, 15) is 0 Å². The molecule has 0 atom stereocenters. The second-order valence-electron chi connectivity index (χ2n) is 7.45. The van der Waals surface area contributed by atoms with Crippen molar-refractivity contribution in [3.63, 3.8) is 0 Å². The topological polar surface area (TPSA) is 22.2 Å². The first-order valence-electron chi connectivity index (χ1n) is 10.1. The Labute approximate surface area is 195 Å². The number of benzene rings is 3. The molecule has 0 aliphatic rings. The average molecular weight is 579 g/mol. The second kappa shape index (κ2) is 8.47. The summed E-state index contributed by atoms with van der Waals surface area (Å²) in [6.07, 6.45) is 1.90. The smallest absolute Gasteiger partial charge is 0.187 e. The van der Waals surface area contributed by atoms with Crippen molar-refractivity contribution in [2.45, 2.75) is 20.4 Å². The standard InChI is InChI=1S/C27H20N3.Ir/c1-4-30-26-11-6-5-10-22(26)23-16-20(12-13-27(23)30)25-14-18(2)24(17-29-25)19-8-7-9-21(15-19)28-3;/h5-11,13-17H,4H2,1-2H3;/q-1;. The number of pyridine rings is 1. The monoisotopic (exact) mass is 579 g/mol. The van der Waals surface area contributed by atoms with Crippen LogP contribution >= 0.6 is 0 Å². The van der Waals surface area contributed by atoms with Crippen LogP contribution in [0.1, 0.15) is 12.5 Å². The van der Waals surface area contributed by atoms with Crippen molar-refractivity contribution in [3.05, 3.63) is 96.0 Å². The molecule has 0 spiro atoms. The summed E-state index contributed by atoms with van der Waals surface area (Å²) < 4.78 is 2.33. The first kappa shape index (κ1) is 21.0. The summed E-state index contributed by atoms with van der Waals surface area (Å²) in [5, 5.41) is 2.49. The molecular weight excluding hydrogens is 559 g/mol. The molecule has 4 heteroatoms. The fraction of sp³-hybridized carbons (Fsp3) is 0.111. The van der Waals surface area contributed by atoms with Crippen LogP contribution in [0.4, 0.5) is 5.69 Å². The molecular formula is C27H20IrN3-. The molecule has 2 heterocycles. The first-order chi connectivity index (χ1) is 14.7. The van der Waals surface area contributed by atoms with E-state index in [-0.39, 0.29) is 20.1 Å². The molecule has 0 bridgehead atoms. The zero-order valence-corrected chi connectivity index (χ0v) is 19.7. The summed E-state index contributed by atoms with van der Waals surface area (Å²) in [6.45, 7) is 12.4. The number of fused-ring (bicyclic) bond motifs is 3. The molecule has 5 rings (SSSR count). The van der Waals surface area contributed by atoms with Gasteiger partial charge in [-0.25, -0.2) is 4.85 Å². The average Bonchev–Trinajstić information content (AvgIpc) is 3.12. The van der Waals surface area contributed by atoms with Crippen molar-refractivity contribution >= 4 is 27.5 Å². The maximum atomic E-state index is 7.25. The summed E-state index contributed by atoms with van der Waals surface area (Å²) in [5.41, 5.74) is 8.19. The number of aryl methyl sites for hydroxylation is 2. The SMILES string of the molecule is [C-]#[N+]c1cccc(-c2cnc(-c3[c-]cc4c(c3)c3ccccc3n4CC)cc2C)c1.[Ir]. The maximum absolute atomic E-state index is 7.25. The van der Waals surface area contributed by atoms with E-state index in [1.54, 1.807) is 0 Å². The number of hydrogen-bond acceptors (Lipinski definition) is 1. The van der Waals surface area contributed by atoms with Crippen LogP contribution in [0.15, 0.2) is 72.9 Å². The van der Waals surface area contributed by atoms with Gasteiger partial charge in [0.15, 0.2) is 5.69 Å². The van der Waals surface area contributed by atoms with Gasteiger partial charge in [0.2, 0.25) is 0 Å². The Hall–Kier alpha value is -3.25. The molecule has 0 unspecified atom stereocenters. The third-order valence-corrected chi connectivity index (χ3v) is 5.69. The molecule has 153 valence electrons. The molecule has 0 fully saturated rings. The van der Waals surface area contributed by atoms with Crippen LogP contribution in [0.5, 0.6) is 0 Å². The molecule has 0 saturated carbocycles. The van der Waals surface area contributed by atoms with Gasteiger partial charge in [0.1, 0.15) is 0 Å². The largest absolute Gasteiger partial charge is 0.381 e. The van der Waals surface area contributed by atoms with Gasteiger partial charge in [-0.05, 0) is 59.3 Å². The predicted octanol–water partition coefficient (Wildman–Crippen LogP) is 7.20. The molecule has 31 heavy (non-hydrogen) atoms. The summed E-state index contributed by atoms with van der Waals surface area (Å²) in [6, 6.07) is 26.0. The van der Waals surface area contributed by atoms with E-state index >= 15 is 0 Å². The summed E-state index contributed by atoms with van der Waals surface area (Å²) in [4.78, 5) is 8.28. The predicted molar refractivity (Wildman–Crippen MR) is 124 cm³/mol. The van der Waals surface area contributed by atoms with Crippen molar-refractivity contribution in [2.75, 3.05) is 0 Å². The third kappa shape index (κ3) is 3.57. The van der Waals surface area contributed by atoms with Crippen LogP contribution in [-0.2, 0) is 26.7 Å². The fourth-order valence-electron chi connectivity index (χ4n) is 4.23. The number of aromatic nitrogens is 2. The van der Waals surface area contributed by atoms with Crippen LogP contribution < -0.4 is 0 Å². The number of para-hydroxylation sites is 1. The number of rotatable bonds is 3. The normalized spacial score (nSPS) is 10.7. The van der Waals surface area contributed by atoms with Gasteiger partial charge in [-0.3, -0.25) is 0 Å². The van der Waals surface area contributed by atoms with Crippen LogP contribution in [-0.4, -0.2) is 9.55 Å². The van der Waals surface area contributed by atoms with Crippen molar-refractivity contribution in [2.24, 2.45) is 0 Å². The summed E-state index contributed by atoms with van der Waals surface area (Å²) in [7, 11) is 0. The van der Waals surface area contributed by atoms with E-state index < -0.39 is 0 Å². The molecule has 0 N–H and O–H groups in total. The zero-order valence-electron chi connectivity index (χ0n) is 17.3. The first-order valence-corrected chi connectivity index (χ1v) is 10.1. The van der Waals surface area contributed by atoms with Crippen LogP contribution in [0.3, 0.4) is 0 Å². The fourth-order valence-corrected chi connectivity index (χ4v) is 4.23. The Bertz CT molecular complexity index is 1460. The van der Waals surface area contributed by atoms with E-state index in [0.717, 1.165) is 34.5 Å². The van der Waals surface area contributed by atoms with Gasteiger partial charge >= 0.3 is 0 Å². The van der Waals surface area contributed by atoms with Gasteiger partial charge in [-0.2, -0.15) is 0 Å².